The first-order valence-electron chi connectivity index (χ1n) is 8.52. The van der Waals surface area contributed by atoms with Gasteiger partial charge in [0.15, 0.2) is 12.1 Å². The molecule has 5 N–H and O–H groups in total. The number of allylic oxidation sites excluding steroid dienone is 3. The summed E-state index contributed by atoms with van der Waals surface area (Å²) < 4.78 is 5.14. The number of hydrogen-bond acceptors (Lipinski definition) is 7. The second kappa shape index (κ2) is 7.69. The fourth-order valence-electron chi connectivity index (χ4n) is 3.28. The van der Waals surface area contributed by atoms with E-state index in [0.717, 1.165) is 11.1 Å². The minimum absolute atomic E-state index is 0.0232. The third kappa shape index (κ3) is 3.58. The number of hydrogen-bond donors (Lipinski definition) is 5. The van der Waals surface area contributed by atoms with Crippen molar-refractivity contribution in [1.82, 2.24) is 0 Å². The second-order valence-corrected chi connectivity index (χ2v) is 6.51. The smallest absolute Gasteiger partial charge is 0.178 e. The van der Waals surface area contributed by atoms with Gasteiger partial charge in [0.25, 0.3) is 0 Å². The zero-order valence-corrected chi connectivity index (χ0v) is 14.4. The number of ether oxygens (including phenoxy) is 1. The molecule has 0 radical (unpaired) electrons. The summed E-state index contributed by atoms with van der Waals surface area (Å²) in [6, 6.07) is 4.42. The number of fused-ring (bicyclic) bond motifs is 1. The van der Waals surface area contributed by atoms with Crippen LogP contribution < -0.4 is 5.32 Å². The van der Waals surface area contributed by atoms with Crippen LogP contribution in [0, 0.1) is 0 Å². The van der Waals surface area contributed by atoms with Gasteiger partial charge in [-0.2, -0.15) is 0 Å². The van der Waals surface area contributed by atoms with Gasteiger partial charge >= 0.3 is 0 Å². The van der Waals surface area contributed by atoms with E-state index < -0.39 is 37.3 Å². The number of carbonyl (C=O) groups excluding carboxylic acids is 1. The Labute approximate surface area is 151 Å². The summed E-state index contributed by atoms with van der Waals surface area (Å²) in [6.45, 7) is 1.35. The maximum Gasteiger partial charge on any atom is 0.178 e. The van der Waals surface area contributed by atoms with Crippen molar-refractivity contribution in [2.45, 2.75) is 44.0 Å². The van der Waals surface area contributed by atoms with E-state index in [-0.39, 0.29) is 12.2 Å². The summed E-state index contributed by atoms with van der Waals surface area (Å²) in [5.41, 5.74) is 3.01. The molecule has 1 heterocycles. The number of anilines is 1. The summed E-state index contributed by atoms with van der Waals surface area (Å²) >= 11 is 0. The predicted molar refractivity (Wildman–Crippen MR) is 95.3 cm³/mol. The van der Waals surface area contributed by atoms with Crippen LogP contribution in [0.2, 0.25) is 0 Å². The maximum absolute atomic E-state index is 12.2. The molecule has 1 saturated heterocycles. The van der Waals surface area contributed by atoms with E-state index in [9.17, 15) is 20.1 Å². The van der Waals surface area contributed by atoms with E-state index >= 15 is 0 Å². The van der Waals surface area contributed by atoms with Crippen molar-refractivity contribution in [3.63, 3.8) is 0 Å². The Morgan fingerprint density at radius 2 is 2.04 bits per heavy atom. The standard InChI is InChI=1S/C19H23NO6/c1-2-3-11-6-10-4-5-13(7-12(10)8-14(11)22)20-16-18(24)17(23)15(9-21)26-19(16)25/h2-7,15-21,23-25H,8-9H2,1H3/b3-2+/t15?,16?,17-,18-,19?/m1/s1. The Hall–Kier alpha value is -2.03. The molecule has 7 nitrogen and oxygen atoms in total. The van der Waals surface area contributed by atoms with Crippen molar-refractivity contribution in [3.05, 3.63) is 47.1 Å². The van der Waals surface area contributed by atoms with Crippen LogP contribution in [0.4, 0.5) is 5.69 Å². The molecule has 1 aromatic rings. The molecular formula is C19H23NO6. The van der Waals surface area contributed by atoms with E-state index in [0.29, 0.717) is 11.3 Å². The summed E-state index contributed by atoms with van der Waals surface area (Å²) in [4.78, 5) is 12.2. The SMILES string of the molecule is C/C=C/C1=Cc2ccc(NC3C(O)OC(CO)[C@@H](O)[C@@H]3O)cc2CC1=O. The van der Waals surface area contributed by atoms with Gasteiger partial charge in [0, 0.05) is 17.7 Å². The highest BCUT2D eigenvalue weighted by Crippen LogP contribution is 2.28. The van der Waals surface area contributed by atoms with Crippen molar-refractivity contribution in [3.8, 4) is 0 Å². The van der Waals surface area contributed by atoms with Crippen LogP contribution in [-0.4, -0.2) is 63.5 Å². The number of carbonyl (C=O) groups is 1. The first-order chi connectivity index (χ1) is 12.4. The molecule has 2 aliphatic rings. The quantitative estimate of drug-likeness (QED) is 0.511. The van der Waals surface area contributed by atoms with Gasteiger partial charge in [-0.15, -0.1) is 0 Å². The molecule has 0 aromatic heterocycles. The van der Waals surface area contributed by atoms with Gasteiger partial charge in [-0.3, -0.25) is 4.79 Å². The monoisotopic (exact) mass is 361 g/mol. The van der Waals surface area contributed by atoms with Gasteiger partial charge in [-0.1, -0.05) is 18.2 Å². The van der Waals surface area contributed by atoms with E-state index in [1.54, 1.807) is 18.2 Å². The molecule has 0 spiro atoms. The van der Waals surface area contributed by atoms with E-state index in [1.807, 2.05) is 25.1 Å². The van der Waals surface area contributed by atoms with Gasteiger partial charge in [-0.05, 0) is 36.3 Å². The molecule has 5 atom stereocenters. The molecule has 3 rings (SSSR count). The molecule has 0 saturated carbocycles. The van der Waals surface area contributed by atoms with Crippen LogP contribution in [-0.2, 0) is 16.0 Å². The molecule has 26 heavy (non-hydrogen) atoms. The molecular weight excluding hydrogens is 338 g/mol. The summed E-state index contributed by atoms with van der Waals surface area (Å²) in [5.74, 6) is 0.0232. The second-order valence-electron chi connectivity index (χ2n) is 6.51. The Morgan fingerprint density at radius 1 is 1.27 bits per heavy atom. The fourth-order valence-corrected chi connectivity index (χ4v) is 3.28. The van der Waals surface area contributed by atoms with Crippen LogP contribution >= 0.6 is 0 Å². The minimum Gasteiger partial charge on any atom is -0.394 e. The van der Waals surface area contributed by atoms with Gasteiger partial charge in [0.05, 0.1) is 6.61 Å². The minimum atomic E-state index is -1.40. The molecule has 1 aromatic carbocycles. The fraction of sp³-hybridized carbons (Fsp3) is 0.421. The highest BCUT2D eigenvalue weighted by atomic mass is 16.6. The van der Waals surface area contributed by atoms with Crippen molar-refractivity contribution in [1.29, 1.82) is 0 Å². The largest absolute Gasteiger partial charge is 0.394 e. The molecule has 1 fully saturated rings. The van der Waals surface area contributed by atoms with E-state index in [1.165, 1.54) is 0 Å². The normalized spacial score (nSPS) is 31.7. The molecule has 1 aliphatic carbocycles. The lowest BCUT2D eigenvalue weighted by Gasteiger charge is -2.40. The number of nitrogens with one attached hydrogen (secondary N) is 1. The van der Waals surface area contributed by atoms with Gasteiger partial charge in [0.1, 0.15) is 24.4 Å². The number of rotatable bonds is 4. The van der Waals surface area contributed by atoms with E-state index in [2.05, 4.69) is 5.32 Å². The Morgan fingerprint density at radius 3 is 2.73 bits per heavy atom. The van der Waals surface area contributed by atoms with Crippen LogP contribution in [0.15, 0.2) is 35.9 Å². The van der Waals surface area contributed by atoms with Gasteiger partial charge in [0.2, 0.25) is 0 Å². The number of aliphatic hydroxyl groups excluding tert-OH is 4. The lowest BCUT2D eigenvalue weighted by molar-refractivity contribution is -0.245. The van der Waals surface area contributed by atoms with Crippen molar-refractivity contribution in [2.75, 3.05) is 11.9 Å². The van der Waals surface area contributed by atoms with Crippen molar-refractivity contribution < 1.29 is 30.0 Å². The average Bonchev–Trinajstić information content (AvgIpc) is 2.62. The Kier molecular flexibility index (Phi) is 5.55. The Balaban J connectivity index is 1.80. The molecule has 0 bridgehead atoms. The maximum atomic E-state index is 12.2. The summed E-state index contributed by atoms with van der Waals surface area (Å²) in [7, 11) is 0. The number of Topliss-reactive ketones (excluding diaryl/α,β-unsaturated/α-hetero) is 1. The first-order valence-corrected chi connectivity index (χ1v) is 8.52. The average molecular weight is 361 g/mol. The molecule has 140 valence electrons. The topological polar surface area (TPSA) is 119 Å². The predicted octanol–water partition coefficient (Wildman–Crippen LogP) is -0.0169. The van der Waals surface area contributed by atoms with Crippen LogP contribution in [0.25, 0.3) is 6.08 Å². The Bertz CT molecular complexity index is 744. The third-order valence-electron chi connectivity index (χ3n) is 4.71. The molecule has 1 aliphatic heterocycles. The number of aliphatic hydroxyl groups is 4. The zero-order valence-electron chi connectivity index (χ0n) is 14.4. The summed E-state index contributed by atoms with van der Waals surface area (Å²) in [6.07, 6.45) is 0.598. The molecule has 7 heteroatoms. The number of ketones is 1. The van der Waals surface area contributed by atoms with Gasteiger partial charge in [-0.25, -0.2) is 0 Å². The zero-order chi connectivity index (χ0) is 18.8. The summed E-state index contributed by atoms with van der Waals surface area (Å²) in [5, 5.41) is 42.3. The molecule has 3 unspecified atom stereocenters. The third-order valence-corrected chi connectivity index (χ3v) is 4.71. The first kappa shape index (κ1) is 18.8. The number of benzene rings is 1. The van der Waals surface area contributed by atoms with Crippen molar-refractivity contribution in [2.24, 2.45) is 0 Å². The van der Waals surface area contributed by atoms with Crippen molar-refractivity contribution >= 4 is 17.5 Å². The highest BCUT2D eigenvalue weighted by Gasteiger charge is 2.43. The highest BCUT2D eigenvalue weighted by molar-refractivity contribution is 6.06. The van der Waals surface area contributed by atoms with Gasteiger partial charge < -0.3 is 30.5 Å². The lowest BCUT2D eigenvalue weighted by Crippen LogP contribution is -2.61. The molecule has 0 amide bonds. The van der Waals surface area contributed by atoms with Crippen LogP contribution in [0.3, 0.4) is 0 Å². The van der Waals surface area contributed by atoms with Crippen LogP contribution in [0.5, 0.6) is 0 Å². The van der Waals surface area contributed by atoms with Crippen LogP contribution in [0.1, 0.15) is 18.1 Å². The van der Waals surface area contributed by atoms with E-state index in [4.69, 9.17) is 9.84 Å². The lowest BCUT2D eigenvalue weighted by atomic mass is 9.90.